The lowest BCUT2D eigenvalue weighted by atomic mass is 10.3. The van der Waals surface area contributed by atoms with Crippen molar-refractivity contribution in [1.29, 1.82) is 0 Å². The Morgan fingerprint density at radius 3 is 2.52 bits per heavy atom. The van der Waals surface area contributed by atoms with Crippen LogP contribution in [0.4, 0.5) is 19.0 Å². The van der Waals surface area contributed by atoms with Crippen molar-refractivity contribution in [3.8, 4) is 11.6 Å². The van der Waals surface area contributed by atoms with E-state index in [2.05, 4.69) is 15.0 Å². The number of aromatic nitrogens is 4. The summed E-state index contributed by atoms with van der Waals surface area (Å²) < 4.78 is 40.2. The first-order valence-corrected chi connectivity index (χ1v) is 5.73. The lowest BCUT2D eigenvalue weighted by Gasteiger charge is -2.10. The maximum Gasteiger partial charge on any atom is 0.450 e. The smallest absolute Gasteiger partial charge is 0.450 e. The Hall–Kier alpha value is -2.84. The van der Waals surface area contributed by atoms with E-state index in [1.807, 2.05) is 0 Å². The van der Waals surface area contributed by atoms with E-state index in [0.717, 1.165) is 23.0 Å². The molecule has 2 heterocycles. The summed E-state index contributed by atoms with van der Waals surface area (Å²) in [6.07, 6.45) is -2.40. The number of phenolic OH excluding ortho intramolecular Hbond substituents is 1. The molecule has 6 nitrogen and oxygen atoms in total. The highest BCUT2D eigenvalue weighted by molar-refractivity contribution is 5.79. The monoisotopic (exact) mass is 295 g/mol. The summed E-state index contributed by atoms with van der Waals surface area (Å²) in [5, 5.41) is 9.37. The van der Waals surface area contributed by atoms with Gasteiger partial charge in [0.15, 0.2) is 5.82 Å². The Bertz CT molecular complexity index is 810. The third kappa shape index (κ3) is 2.22. The summed E-state index contributed by atoms with van der Waals surface area (Å²) in [5.41, 5.74) is 5.54. The SMILES string of the molecule is Nc1cnc(-n2c(C(F)(F)F)nc3cc(O)ccc32)cn1. The second-order valence-corrected chi connectivity index (χ2v) is 4.24. The van der Waals surface area contributed by atoms with Gasteiger partial charge < -0.3 is 10.8 Å². The highest BCUT2D eigenvalue weighted by Crippen LogP contribution is 2.34. The summed E-state index contributed by atoms with van der Waals surface area (Å²) in [4.78, 5) is 11.1. The van der Waals surface area contributed by atoms with Crippen molar-refractivity contribution in [1.82, 2.24) is 19.5 Å². The van der Waals surface area contributed by atoms with Gasteiger partial charge in [0.1, 0.15) is 11.6 Å². The molecule has 0 spiro atoms. The van der Waals surface area contributed by atoms with Crippen molar-refractivity contribution < 1.29 is 18.3 Å². The molecule has 0 radical (unpaired) electrons. The van der Waals surface area contributed by atoms with E-state index < -0.39 is 12.0 Å². The molecule has 0 bridgehead atoms. The van der Waals surface area contributed by atoms with Crippen molar-refractivity contribution in [3.05, 3.63) is 36.4 Å². The Morgan fingerprint density at radius 2 is 1.90 bits per heavy atom. The number of hydrogen-bond donors (Lipinski definition) is 2. The van der Waals surface area contributed by atoms with Gasteiger partial charge in [0, 0.05) is 6.07 Å². The lowest BCUT2D eigenvalue weighted by Crippen LogP contribution is -2.15. The second-order valence-electron chi connectivity index (χ2n) is 4.24. The molecule has 3 N–H and O–H groups in total. The number of nitrogens with two attached hydrogens (primary N) is 1. The number of nitrogen functional groups attached to an aromatic ring is 1. The van der Waals surface area contributed by atoms with Crippen LogP contribution in [0, 0.1) is 0 Å². The fraction of sp³-hybridized carbons (Fsp3) is 0.0833. The first-order chi connectivity index (χ1) is 9.86. The molecular weight excluding hydrogens is 287 g/mol. The molecule has 0 saturated heterocycles. The van der Waals surface area contributed by atoms with E-state index in [0.29, 0.717) is 0 Å². The highest BCUT2D eigenvalue weighted by atomic mass is 19.4. The number of hydrogen-bond acceptors (Lipinski definition) is 5. The van der Waals surface area contributed by atoms with Gasteiger partial charge in [0.2, 0.25) is 5.82 Å². The van der Waals surface area contributed by atoms with E-state index in [9.17, 15) is 18.3 Å². The number of benzene rings is 1. The van der Waals surface area contributed by atoms with Gasteiger partial charge in [-0.2, -0.15) is 13.2 Å². The number of alkyl halides is 3. The quantitative estimate of drug-likeness (QED) is 0.717. The minimum Gasteiger partial charge on any atom is -0.508 e. The molecule has 0 fully saturated rings. The summed E-state index contributed by atoms with van der Waals surface area (Å²) in [6.45, 7) is 0. The first kappa shape index (κ1) is 13.2. The normalized spacial score (nSPS) is 12.0. The number of imidazole rings is 1. The molecule has 21 heavy (non-hydrogen) atoms. The molecule has 1 aromatic carbocycles. The Kier molecular flexibility index (Phi) is 2.71. The molecular formula is C12H8F3N5O. The van der Waals surface area contributed by atoms with Gasteiger partial charge in [0.25, 0.3) is 0 Å². The first-order valence-electron chi connectivity index (χ1n) is 5.73. The van der Waals surface area contributed by atoms with Gasteiger partial charge in [-0.3, -0.25) is 4.57 Å². The average Bonchev–Trinajstić information content (AvgIpc) is 2.78. The molecule has 0 aliphatic carbocycles. The van der Waals surface area contributed by atoms with Crippen molar-refractivity contribution in [2.75, 3.05) is 5.73 Å². The van der Waals surface area contributed by atoms with Crippen LogP contribution in [0.25, 0.3) is 16.9 Å². The van der Waals surface area contributed by atoms with Crippen LogP contribution in [0.3, 0.4) is 0 Å². The van der Waals surface area contributed by atoms with Crippen molar-refractivity contribution in [2.45, 2.75) is 6.18 Å². The number of fused-ring (bicyclic) bond motifs is 1. The van der Waals surface area contributed by atoms with Crippen molar-refractivity contribution in [3.63, 3.8) is 0 Å². The van der Waals surface area contributed by atoms with Crippen LogP contribution in [-0.4, -0.2) is 24.6 Å². The van der Waals surface area contributed by atoms with E-state index >= 15 is 0 Å². The average molecular weight is 295 g/mol. The van der Waals surface area contributed by atoms with E-state index in [4.69, 9.17) is 5.73 Å². The Balaban J connectivity index is 2.35. The Morgan fingerprint density at radius 1 is 1.14 bits per heavy atom. The van der Waals surface area contributed by atoms with Crippen LogP contribution in [0.5, 0.6) is 5.75 Å². The molecule has 108 valence electrons. The molecule has 3 aromatic rings. The largest absolute Gasteiger partial charge is 0.508 e. The number of phenols is 1. The van der Waals surface area contributed by atoms with Crippen LogP contribution in [0.1, 0.15) is 5.82 Å². The van der Waals surface area contributed by atoms with E-state index in [1.54, 1.807) is 0 Å². The van der Waals surface area contributed by atoms with Crippen LogP contribution in [0.15, 0.2) is 30.6 Å². The number of rotatable bonds is 1. The predicted molar refractivity (Wildman–Crippen MR) is 67.7 cm³/mol. The minimum absolute atomic E-state index is 0.000880. The molecule has 0 amide bonds. The highest BCUT2D eigenvalue weighted by Gasteiger charge is 2.38. The van der Waals surface area contributed by atoms with Gasteiger partial charge in [-0.05, 0) is 12.1 Å². The van der Waals surface area contributed by atoms with Gasteiger partial charge in [-0.1, -0.05) is 0 Å². The molecule has 0 aliphatic heterocycles. The number of anilines is 1. The zero-order valence-corrected chi connectivity index (χ0v) is 10.3. The Labute approximate surface area is 115 Å². The van der Waals surface area contributed by atoms with E-state index in [1.165, 1.54) is 12.1 Å². The summed E-state index contributed by atoms with van der Waals surface area (Å²) >= 11 is 0. The molecule has 3 rings (SSSR count). The van der Waals surface area contributed by atoms with Gasteiger partial charge in [-0.15, -0.1) is 0 Å². The topological polar surface area (TPSA) is 89.8 Å². The summed E-state index contributed by atoms with van der Waals surface area (Å²) in [5.74, 6) is -1.30. The standard InChI is InChI=1S/C12H8F3N5O/c13-12(14,15)11-19-7-3-6(21)1-2-8(7)20(11)10-5-17-9(16)4-18-10/h1-5,21H,(H2,16,17). The third-order valence-corrected chi connectivity index (χ3v) is 2.78. The summed E-state index contributed by atoms with van der Waals surface area (Å²) in [7, 11) is 0. The lowest BCUT2D eigenvalue weighted by molar-refractivity contribution is -0.145. The molecule has 0 atom stereocenters. The van der Waals surface area contributed by atoms with Gasteiger partial charge in [-0.25, -0.2) is 15.0 Å². The van der Waals surface area contributed by atoms with Crippen LogP contribution in [0.2, 0.25) is 0 Å². The molecule has 2 aromatic heterocycles. The van der Waals surface area contributed by atoms with Gasteiger partial charge in [0.05, 0.1) is 23.4 Å². The fourth-order valence-electron chi connectivity index (χ4n) is 1.94. The fourth-order valence-corrected chi connectivity index (χ4v) is 1.94. The van der Waals surface area contributed by atoms with E-state index in [-0.39, 0.29) is 28.4 Å². The predicted octanol–water partition coefficient (Wildman–Crippen LogP) is 2.12. The number of halogens is 3. The maximum absolute atomic E-state index is 13.1. The van der Waals surface area contributed by atoms with Crippen LogP contribution in [-0.2, 0) is 6.18 Å². The molecule has 0 unspecified atom stereocenters. The number of nitrogens with zero attached hydrogens (tertiary/aromatic N) is 4. The van der Waals surface area contributed by atoms with Gasteiger partial charge >= 0.3 is 6.18 Å². The summed E-state index contributed by atoms with van der Waals surface area (Å²) in [6, 6.07) is 3.74. The third-order valence-electron chi connectivity index (χ3n) is 2.78. The minimum atomic E-state index is -4.68. The molecule has 9 heteroatoms. The zero-order chi connectivity index (χ0) is 15.2. The second kappa shape index (κ2) is 4.33. The number of aromatic hydroxyl groups is 1. The zero-order valence-electron chi connectivity index (χ0n) is 10.3. The molecule has 0 aliphatic rings. The van der Waals surface area contributed by atoms with Crippen molar-refractivity contribution in [2.24, 2.45) is 0 Å². The maximum atomic E-state index is 13.1. The molecule has 0 saturated carbocycles. The van der Waals surface area contributed by atoms with Crippen LogP contribution >= 0.6 is 0 Å². The van der Waals surface area contributed by atoms with Crippen LogP contribution < -0.4 is 5.73 Å². The van der Waals surface area contributed by atoms with Crippen molar-refractivity contribution >= 4 is 16.9 Å².